The first kappa shape index (κ1) is 10.1. The van der Waals surface area contributed by atoms with Crippen molar-refractivity contribution in [2.24, 2.45) is 5.73 Å². The first-order valence-electron chi connectivity index (χ1n) is 3.89. The van der Waals surface area contributed by atoms with Crippen LogP contribution in [0.1, 0.15) is 17.2 Å². The predicted molar refractivity (Wildman–Crippen MR) is 45.2 cm³/mol. The summed E-state index contributed by atoms with van der Waals surface area (Å²) in [5, 5.41) is 8.70. The molecular weight excluding hydrogens is 176 g/mol. The van der Waals surface area contributed by atoms with E-state index in [0.717, 1.165) is 6.07 Å². The van der Waals surface area contributed by atoms with E-state index in [-0.39, 0.29) is 12.2 Å². The van der Waals surface area contributed by atoms with E-state index >= 15 is 0 Å². The van der Waals surface area contributed by atoms with Gasteiger partial charge in [0.1, 0.15) is 12.5 Å². The van der Waals surface area contributed by atoms with Gasteiger partial charge in [0, 0.05) is 0 Å². The van der Waals surface area contributed by atoms with Gasteiger partial charge in [0.2, 0.25) is 0 Å². The van der Waals surface area contributed by atoms with Crippen molar-refractivity contribution < 1.29 is 13.9 Å². The van der Waals surface area contributed by atoms with E-state index in [0.29, 0.717) is 5.56 Å². The monoisotopic (exact) mass is 187 g/mol. The van der Waals surface area contributed by atoms with E-state index in [1.165, 1.54) is 12.1 Å². The molecule has 0 heterocycles. The average molecular weight is 187 g/mol. The third-order valence-corrected chi connectivity index (χ3v) is 1.76. The number of aliphatic hydroxyl groups is 1. The van der Waals surface area contributed by atoms with Gasteiger partial charge < -0.3 is 10.8 Å². The molecular formula is C9H11F2NO. The van der Waals surface area contributed by atoms with Crippen LogP contribution in [-0.2, 0) is 6.67 Å². The molecule has 0 aliphatic rings. The van der Waals surface area contributed by atoms with Crippen LogP contribution in [-0.4, -0.2) is 11.7 Å². The van der Waals surface area contributed by atoms with Gasteiger partial charge in [-0.15, -0.1) is 0 Å². The summed E-state index contributed by atoms with van der Waals surface area (Å²) in [7, 11) is 0. The van der Waals surface area contributed by atoms with Gasteiger partial charge in [0.15, 0.2) is 0 Å². The fourth-order valence-electron chi connectivity index (χ4n) is 1.07. The molecule has 13 heavy (non-hydrogen) atoms. The van der Waals surface area contributed by atoms with Crippen LogP contribution in [0.2, 0.25) is 0 Å². The second kappa shape index (κ2) is 4.30. The molecule has 1 rings (SSSR count). The number of benzene rings is 1. The zero-order valence-corrected chi connectivity index (χ0v) is 7.00. The minimum atomic E-state index is -0.733. The van der Waals surface area contributed by atoms with Gasteiger partial charge in [-0.1, -0.05) is 6.07 Å². The SMILES string of the molecule is N[C@H](CO)c1cc(F)cc(CF)c1. The minimum Gasteiger partial charge on any atom is -0.394 e. The normalized spacial score (nSPS) is 12.9. The summed E-state index contributed by atoms with van der Waals surface area (Å²) in [4.78, 5) is 0. The topological polar surface area (TPSA) is 46.2 Å². The first-order chi connectivity index (χ1) is 6.17. The van der Waals surface area contributed by atoms with E-state index in [2.05, 4.69) is 0 Å². The van der Waals surface area contributed by atoms with Crippen LogP contribution in [0.4, 0.5) is 8.78 Å². The third kappa shape index (κ3) is 2.47. The van der Waals surface area contributed by atoms with Crippen molar-refractivity contribution in [1.82, 2.24) is 0 Å². The Labute approximate surface area is 75.0 Å². The quantitative estimate of drug-likeness (QED) is 0.748. The Bertz CT molecular complexity index is 291. The summed E-state index contributed by atoms with van der Waals surface area (Å²) >= 11 is 0. The Hall–Kier alpha value is -1.00. The van der Waals surface area contributed by atoms with Crippen LogP contribution < -0.4 is 5.73 Å². The Morgan fingerprint density at radius 2 is 2.08 bits per heavy atom. The molecule has 0 aliphatic carbocycles. The van der Waals surface area contributed by atoms with E-state index in [1.54, 1.807) is 0 Å². The van der Waals surface area contributed by atoms with Crippen LogP contribution in [0.25, 0.3) is 0 Å². The molecule has 0 spiro atoms. The Morgan fingerprint density at radius 3 is 2.62 bits per heavy atom. The summed E-state index contributed by atoms with van der Waals surface area (Å²) in [6.45, 7) is -1.02. The van der Waals surface area contributed by atoms with E-state index in [4.69, 9.17) is 10.8 Å². The smallest absolute Gasteiger partial charge is 0.123 e. The number of halogens is 2. The maximum Gasteiger partial charge on any atom is 0.123 e. The zero-order valence-electron chi connectivity index (χ0n) is 7.00. The average Bonchev–Trinajstić information content (AvgIpc) is 2.15. The number of nitrogens with two attached hydrogens (primary N) is 1. The van der Waals surface area contributed by atoms with Gasteiger partial charge in [-0.3, -0.25) is 0 Å². The highest BCUT2D eigenvalue weighted by molar-refractivity contribution is 5.26. The van der Waals surface area contributed by atoms with Crippen LogP contribution in [0.5, 0.6) is 0 Å². The van der Waals surface area contributed by atoms with Gasteiger partial charge in [-0.25, -0.2) is 8.78 Å². The van der Waals surface area contributed by atoms with Gasteiger partial charge in [-0.05, 0) is 23.3 Å². The highest BCUT2D eigenvalue weighted by Gasteiger charge is 2.07. The largest absolute Gasteiger partial charge is 0.394 e. The van der Waals surface area contributed by atoms with E-state index in [9.17, 15) is 8.78 Å². The second-order valence-corrected chi connectivity index (χ2v) is 2.82. The predicted octanol–water partition coefficient (Wildman–Crippen LogP) is 1.29. The molecule has 1 aromatic carbocycles. The molecule has 1 atom stereocenters. The minimum absolute atomic E-state index is 0.235. The highest BCUT2D eigenvalue weighted by atomic mass is 19.1. The molecule has 0 aromatic heterocycles. The van der Waals surface area contributed by atoms with Crippen LogP contribution >= 0.6 is 0 Å². The summed E-state index contributed by atoms with van der Waals surface area (Å²) < 4.78 is 25.0. The molecule has 72 valence electrons. The second-order valence-electron chi connectivity index (χ2n) is 2.82. The van der Waals surface area contributed by atoms with Gasteiger partial charge >= 0.3 is 0 Å². The number of hydrogen-bond acceptors (Lipinski definition) is 2. The van der Waals surface area contributed by atoms with Gasteiger partial charge in [0.25, 0.3) is 0 Å². The summed E-state index contributed by atoms with van der Waals surface area (Å²) in [5.74, 6) is -0.533. The lowest BCUT2D eigenvalue weighted by molar-refractivity contribution is 0.267. The maximum atomic E-state index is 12.8. The van der Waals surface area contributed by atoms with Gasteiger partial charge in [0.05, 0.1) is 12.6 Å². The number of alkyl halides is 1. The van der Waals surface area contributed by atoms with Crippen molar-refractivity contribution in [2.75, 3.05) is 6.61 Å². The highest BCUT2D eigenvalue weighted by Crippen LogP contribution is 2.15. The molecule has 4 heteroatoms. The van der Waals surface area contributed by atoms with E-state index in [1.807, 2.05) is 0 Å². The van der Waals surface area contributed by atoms with Crippen LogP contribution in [0.15, 0.2) is 18.2 Å². The van der Waals surface area contributed by atoms with Gasteiger partial charge in [-0.2, -0.15) is 0 Å². The fourth-order valence-corrected chi connectivity index (χ4v) is 1.07. The number of aliphatic hydroxyl groups excluding tert-OH is 1. The molecule has 1 aromatic rings. The standard InChI is InChI=1S/C9H11F2NO/c10-4-6-1-7(9(12)5-13)3-8(11)2-6/h1-3,9,13H,4-5,12H2/t9-/m1/s1. The fraction of sp³-hybridized carbons (Fsp3) is 0.333. The Balaban J connectivity index is 3.01. The van der Waals surface area contributed by atoms with Crippen molar-refractivity contribution in [3.05, 3.63) is 35.1 Å². The molecule has 0 aliphatic heterocycles. The molecule has 0 bridgehead atoms. The van der Waals surface area contributed by atoms with Crippen molar-refractivity contribution in [3.63, 3.8) is 0 Å². The van der Waals surface area contributed by atoms with Crippen molar-refractivity contribution in [1.29, 1.82) is 0 Å². The lowest BCUT2D eigenvalue weighted by Gasteiger charge is -2.09. The first-order valence-corrected chi connectivity index (χ1v) is 3.89. The van der Waals surface area contributed by atoms with E-state index < -0.39 is 18.5 Å². The molecule has 0 amide bonds. The summed E-state index contributed by atoms with van der Waals surface area (Å²) in [5.41, 5.74) is 6.09. The lowest BCUT2D eigenvalue weighted by Crippen LogP contribution is -2.14. The number of rotatable bonds is 3. The lowest BCUT2D eigenvalue weighted by atomic mass is 10.1. The molecule has 3 N–H and O–H groups in total. The Morgan fingerprint density at radius 1 is 1.38 bits per heavy atom. The molecule has 2 nitrogen and oxygen atoms in total. The van der Waals surface area contributed by atoms with Crippen molar-refractivity contribution in [3.8, 4) is 0 Å². The molecule has 0 fully saturated rings. The molecule has 0 saturated heterocycles. The zero-order chi connectivity index (χ0) is 9.84. The van der Waals surface area contributed by atoms with Crippen LogP contribution in [0, 0.1) is 5.82 Å². The molecule has 0 unspecified atom stereocenters. The third-order valence-electron chi connectivity index (χ3n) is 1.76. The molecule has 0 radical (unpaired) electrons. The summed E-state index contributed by atoms with van der Waals surface area (Å²) in [6, 6.07) is 3.10. The summed E-state index contributed by atoms with van der Waals surface area (Å²) in [6.07, 6.45) is 0. The van der Waals surface area contributed by atoms with Crippen LogP contribution in [0.3, 0.4) is 0 Å². The number of hydrogen-bond donors (Lipinski definition) is 2. The maximum absolute atomic E-state index is 12.8. The molecule has 0 saturated carbocycles. The van der Waals surface area contributed by atoms with Crippen molar-refractivity contribution in [2.45, 2.75) is 12.7 Å². The Kier molecular flexibility index (Phi) is 3.33. The van der Waals surface area contributed by atoms with Crippen molar-refractivity contribution >= 4 is 0 Å².